The molecule has 1 aliphatic rings. The predicted molar refractivity (Wildman–Crippen MR) is 108 cm³/mol. The molecular formula is C19H18N4O8S. The summed E-state index contributed by atoms with van der Waals surface area (Å²) in [5.41, 5.74) is 0.155. The van der Waals surface area contributed by atoms with Gasteiger partial charge >= 0.3 is 16.3 Å². The molecule has 0 aromatic heterocycles. The summed E-state index contributed by atoms with van der Waals surface area (Å²) in [7, 11) is -4.72. The molecule has 5 N–H and O–H groups in total. The highest BCUT2D eigenvalue weighted by Crippen LogP contribution is 2.18. The number of imide groups is 1. The molecule has 0 radical (unpaired) electrons. The van der Waals surface area contributed by atoms with E-state index in [0.717, 1.165) is 0 Å². The SMILES string of the molecule is O=C(NC(=O)c1ccccc1O)NC(C(=O)NC1CN(S(=O)(=O)O)C1=O)c1ccccc1. The van der Waals surface area contributed by atoms with Crippen LogP contribution in [-0.4, -0.2) is 58.7 Å². The van der Waals surface area contributed by atoms with Crippen molar-refractivity contribution in [2.24, 2.45) is 0 Å². The first-order valence-corrected chi connectivity index (χ1v) is 10.5. The number of aromatic hydroxyl groups is 1. The van der Waals surface area contributed by atoms with Gasteiger partial charge in [-0.25, -0.2) is 9.10 Å². The van der Waals surface area contributed by atoms with Crippen molar-refractivity contribution in [2.75, 3.05) is 6.54 Å². The molecule has 2 aromatic rings. The Hall–Kier alpha value is -3.97. The number of benzene rings is 2. The molecule has 3 rings (SSSR count). The van der Waals surface area contributed by atoms with Gasteiger partial charge in [0.2, 0.25) is 5.91 Å². The van der Waals surface area contributed by atoms with Crippen LogP contribution in [0, 0.1) is 0 Å². The van der Waals surface area contributed by atoms with Crippen molar-refractivity contribution in [3.8, 4) is 5.75 Å². The fourth-order valence-electron chi connectivity index (χ4n) is 2.91. The van der Waals surface area contributed by atoms with Gasteiger partial charge in [-0.2, -0.15) is 8.42 Å². The number of carbonyl (C=O) groups is 4. The maximum absolute atomic E-state index is 12.7. The Morgan fingerprint density at radius 3 is 2.25 bits per heavy atom. The molecule has 12 nitrogen and oxygen atoms in total. The number of carbonyl (C=O) groups excluding carboxylic acids is 4. The zero-order valence-electron chi connectivity index (χ0n) is 16.3. The molecular weight excluding hydrogens is 444 g/mol. The first-order valence-electron chi connectivity index (χ1n) is 9.12. The van der Waals surface area contributed by atoms with Crippen molar-refractivity contribution in [2.45, 2.75) is 12.1 Å². The Kier molecular flexibility index (Phi) is 6.41. The van der Waals surface area contributed by atoms with Crippen molar-refractivity contribution in [3.63, 3.8) is 0 Å². The summed E-state index contributed by atoms with van der Waals surface area (Å²) in [4.78, 5) is 49.2. The lowest BCUT2D eigenvalue weighted by atomic mass is 10.0. The van der Waals surface area contributed by atoms with E-state index < -0.39 is 52.7 Å². The monoisotopic (exact) mass is 462 g/mol. The number of β-lactam (4-membered cyclic amide) rings is 1. The molecule has 2 aromatic carbocycles. The van der Waals surface area contributed by atoms with Gasteiger partial charge in [0.1, 0.15) is 17.8 Å². The summed E-state index contributed by atoms with van der Waals surface area (Å²) in [6, 6.07) is 9.80. The van der Waals surface area contributed by atoms with Crippen LogP contribution in [0.2, 0.25) is 0 Å². The summed E-state index contributed by atoms with van der Waals surface area (Å²) >= 11 is 0. The average molecular weight is 462 g/mol. The molecule has 1 saturated heterocycles. The van der Waals surface area contributed by atoms with E-state index in [-0.39, 0.29) is 15.6 Å². The van der Waals surface area contributed by atoms with Gasteiger partial charge in [-0.3, -0.25) is 24.3 Å². The fourth-order valence-corrected chi connectivity index (χ4v) is 3.61. The first-order chi connectivity index (χ1) is 15.1. The van der Waals surface area contributed by atoms with Crippen LogP contribution in [0.15, 0.2) is 54.6 Å². The summed E-state index contributed by atoms with van der Waals surface area (Å²) in [5, 5.41) is 16.3. The number of rotatable bonds is 6. The van der Waals surface area contributed by atoms with Crippen molar-refractivity contribution in [1.29, 1.82) is 0 Å². The van der Waals surface area contributed by atoms with Crippen molar-refractivity contribution in [1.82, 2.24) is 20.3 Å². The quantitative estimate of drug-likeness (QED) is 0.286. The third kappa shape index (κ3) is 5.01. The topological polar surface area (TPSA) is 182 Å². The molecule has 2 unspecified atom stereocenters. The molecule has 0 aliphatic carbocycles. The van der Waals surface area contributed by atoms with Crippen LogP contribution < -0.4 is 16.0 Å². The van der Waals surface area contributed by atoms with Crippen LogP contribution in [0.1, 0.15) is 22.0 Å². The molecule has 1 heterocycles. The maximum atomic E-state index is 12.7. The largest absolute Gasteiger partial charge is 0.507 e. The van der Waals surface area contributed by atoms with Gasteiger partial charge in [-0.05, 0) is 17.7 Å². The number of nitrogens with zero attached hydrogens (tertiary/aromatic N) is 1. The Bertz CT molecular complexity index is 1170. The second-order valence-electron chi connectivity index (χ2n) is 6.70. The van der Waals surface area contributed by atoms with Crippen molar-refractivity contribution < 1.29 is 37.3 Å². The Morgan fingerprint density at radius 2 is 1.66 bits per heavy atom. The highest BCUT2D eigenvalue weighted by atomic mass is 32.2. The molecule has 1 aliphatic heterocycles. The minimum atomic E-state index is -4.72. The zero-order valence-corrected chi connectivity index (χ0v) is 17.1. The lowest BCUT2D eigenvalue weighted by Gasteiger charge is -2.36. The van der Waals surface area contributed by atoms with Gasteiger partial charge in [0.25, 0.3) is 11.8 Å². The van der Waals surface area contributed by atoms with Gasteiger partial charge in [0, 0.05) is 0 Å². The smallest absolute Gasteiger partial charge is 0.362 e. The first kappa shape index (κ1) is 22.7. The van der Waals surface area contributed by atoms with E-state index in [2.05, 4.69) is 10.6 Å². The number of para-hydroxylation sites is 1. The van der Waals surface area contributed by atoms with E-state index in [4.69, 9.17) is 4.55 Å². The van der Waals surface area contributed by atoms with Gasteiger partial charge in [-0.1, -0.05) is 42.5 Å². The number of urea groups is 1. The molecule has 2 atom stereocenters. The highest BCUT2D eigenvalue weighted by Gasteiger charge is 2.45. The highest BCUT2D eigenvalue weighted by molar-refractivity contribution is 7.84. The summed E-state index contributed by atoms with van der Waals surface area (Å²) in [5.74, 6) is -3.14. The zero-order chi connectivity index (χ0) is 23.5. The van der Waals surface area contributed by atoms with Gasteiger partial charge in [0.05, 0.1) is 12.1 Å². The summed E-state index contributed by atoms with van der Waals surface area (Å²) < 4.78 is 31.2. The van der Waals surface area contributed by atoms with E-state index >= 15 is 0 Å². The van der Waals surface area contributed by atoms with E-state index in [9.17, 15) is 32.7 Å². The molecule has 5 amide bonds. The maximum Gasteiger partial charge on any atom is 0.362 e. The molecule has 1 fully saturated rings. The number of phenols is 1. The predicted octanol–water partition coefficient (Wildman–Crippen LogP) is -0.297. The van der Waals surface area contributed by atoms with Crippen LogP contribution in [0.5, 0.6) is 5.75 Å². The van der Waals surface area contributed by atoms with Gasteiger partial charge < -0.3 is 15.7 Å². The van der Waals surface area contributed by atoms with Crippen LogP contribution in [0.25, 0.3) is 0 Å². The van der Waals surface area contributed by atoms with Crippen molar-refractivity contribution in [3.05, 3.63) is 65.7 Å². The second kappa shape index (κ2) is 9.03. The standard InChI is InChI=1S/C19H18N4O8S/c24-14-9-5-4-8-12(14)16(25)22-19(28)21-15(11-6-2-1-3-7-11)17(26)20-13-10-23(18(13)27)32(29,30)31/h1-9,13,15,24H,10H2,(H,20,26)(H,29,30,31)(H2,21,22,25,28). The third-order valence-electron chi connectivity index (χ3n) is 4.53. The molecule has 32 heavy (non-hydrogen) atoms. The van der Waals surface area contributed by atoms with E-state index in [1.165, 1.54) is 36.4 Å². The minimum absolute atomic E-state index is 0.159. The average Bonchev–Trinajstić information content (AvgIpc) is 2.74. The summed E-state index contributed by atoms with van der Waals surface area (Å²) in [6.45, 7) is -0.469. The Morgan fingerprint density at radius 1 is 1.03 bits per heavy atom. The Labute approximate surface area is 182 Å². The molecule has 0 saturated carbocycles. The number of amides is 5. The van der Waals surface area contributed by atoms with Crippen LogP contribution in [0.3, 0.4) is 0 Å². The lowest BCUT2D eigenvalue weighted by molar-refractivity contribution is -0.141. The number of hydrogen-bond acceptors (Lipinski definition) is 7. The van der Waals surface area contributed by atoms with Gasteiger partial charge in [-0.15, -0.1) is 0 Å². The number of nitrogens with one attached hydrogen (secondary N) is 3. The second-order valence-corrected chi connectivity index (χ2v) is 8.03. The normalized spacial score (nSPS) is 16.5. The molecule has 13 heteroatoms. The van der Waals surface area contributed by atoms with Gasteiger partial charge in [0.15, 0.2) is 0 Å². The number of hydrogen-bond donors (Lipinski definition) is 5. The fraction of sp³-hybridized carbons (Fsp3) is 0.158. The molecule has 0 bridgehead atoms. The van der Waals surface area contributed by atoms with Crippen LogP contribution in [-0.2, 0) is 19.9 Å². The minimum Gasteiger partial charge on any atom is -0.507 e. The van der Waals surface area contributed by atoms with E-state index in [1.54, 1.807) is 18.2 Å². The molecule has 0 spiro atoms. The summed E-state index contributed by atoms with van der Waals surface area (Å²) in [6.07, 6.45) is 0. The van der Waals surface area contributed by atoms with Crippen LogP contribution >= 0.6 is 0 Å². The number of phenolic OH excluding ortho intramolecular Hbond substituents is 1. The van der Waals surface area contributed by atoms with Crippen molar-refractivity contribution >= 4 is 34.1 Å². The lowest BCUT2D eigenvalue weighted by Crippen LogP contribution is -2.66. The van der Waals surface area contributed by atoms with E-state index in [1.807, 2.05) is 5.32 Å². The Balaban J connectivity index is 1.70. The molecule has 168 valence electrons. The third-order valence-corrected chi connectivity index (χ3v) is 5.42. The van der Waals surface area contributed by atoms with E-state index in [0.29, 0.717) is 5.56 Å². The van der Waals surface area contributed by atoms with Crippen LogP contribution in [0.4, 0.5) is 4.79 Å².